The number of hydrogen-bond donors (Lipinski definition) is 1. The zero-order valence-electron chi connectivity index (χ0n) is 14.9. The molecule has 0 amide bonds. The van der Waals surface area contributed by atoms with Crippen LogP contribution in [0, 0.1) is 17.0 Å². The molecule has 0 aliphatic rings. The third-order valence-corrected chi connectivity index (χ3v) is 5.88. The molecule has 0 atom stereocenters. The number of nitrogens with zero attached hydrogens (tertiary/aromatic N) is 1. The van der Waals surface area contributed by atoms with E-state index in [1.807, 2.05) is 6.92 Å². The maximum absolute atomic E-state index is 12.7. The molecule has 0 aliphatic heterocycles. The van der Waals surface area contributed by atoms with Crippen LogP contribution in [0.25, 0.3) is 0 Å². The van der Waals surface area contributed by atoms with Crippen LogP contribution in [0.2, 0.25) is 10.0 Å². The van der Waals surface area contributed by atoms with Crippen molar-refractivity contribution in [3.8, 4) is 11.5 Å². The van der Waals surface area contributed by atoms with Crippen molar-refractivity contribution < 1.29 is 18.1 Å². The summed E-state index contributed by atoms with van der Waals surface area (Å²) in [6.45, 7) is 1.83. The van der Waals surface area contributed by atoms with E-state index in [-0.39, 0.29) is 27.1 Å². The maximum Gasteiger partial charge on any atom is 0.291 e. The molecule has 3 aromatic rings. The van der Waals surface area contributed by atoms with Gasteiger partial charge in [-0.15, -0.1) is 0 Å². The van der Waals surface area contributed by atoms with Gasteiger partial charge in [-0.1, -0.05) is 40.9 Å². The van der Waals surface area contributed by atoms with E-state index in [0.717, 1.165) is 11.6 Å². The van der Waals surface area contributed by atoms with Gasteiger partial charge in [-0.25, -0.2) is 8.42 Å². The highest BCUT2D eigenvalue weighted by molar-refractivity contribution is 7.92. The van der Waals surface area contributed by atoms with E-state index < -0.39 is 20.6 Å². The monoisotopic (exact) mass is 452 g/mol. The van der Waals surface area contributed by atoms with E-state index in [1.165, 1.54) is 30.3 Å². The maximum atomic E-state index is 12.7. The van der Waals surface area contributed by atoms with Crippen LogP contribution < -0.4 is 9.46 Å². The molecule has 0 heterocycles. The minimum Gasteiger partial charge on any atom is -0.453 e. The zero-order chi connectivity index (χ0) is 21.2. The fourth-order valence-corrected chi connectivity index (χ4v) is 3.87. The molecule has 0 bridgehead atoms. The summed E-state index contributed by atoms with van der Waals surface area (Å²) >= 11 is 12.0. The number of ether oxygens (including phenoxy) is 1. The second-order valence-corrected chi connectivity index (χ2v) is 8.50. The fraction of sp³-hybridized carbons (Fsp3) is 0.0526. The standard InChI is InChI=1S/C19H14Cl2N2O5S/c1-12-2-8-15(9-3-12)29(26,27)22-16-10-11-17(23(24)25)18(21)19(16)28-14-6-4-13(20)5-7-14/h2-11,22H,1H3. The van der Waals surface area contributed by atoms with Gasteiger partial charge in [0.1, 0.15) is 5.75 Å². The van der Waals surface area contributed by atoms with Gasteiger partial charge in [0.05, 0.1) is 15.5 Å². The molecule has 0 radical (unpaired) electrons. The molecule has 0 fully saturated rings. The number of hydrogen-bond acceptors (Lipinski definition) is 5. The lowest BCUT2D eigenvalue weighted by atomic mass is 10.2. The molecule has 0 spiro atoms. The highest BCUT2D eigenvalue weighted by atomic mass is 35.5. The third kappa shape index (κ3) is 4.79. The number of sulfonamides is 1. The van der Waals surface area contributed by atoms with Crippen molar-refractivity contribution in [3.05, 3.63) is 86.4 Å². The summed E-state index contributed by atoms with van der Waals surface area (Å²) < 4.78 is 33.5. The van der Waals surface area contributed by atoms with E-state index in [4.69, 9.17) is 27.9 Å². The first-order valence-electron chi connectivity index (χ1n) is 8.17. The van der Waals surface area contributed by atoms with Crippen molar-refractivity contribution in [2.45, 2.75) is 11.8 Å². The van der Waals surface area contributed by atoms with Crippen LogP contribution in [0.3, 0.4) is 0 Å². The minimum atomic E-state index is -3.98. The molecule has 0 saturated heterocycles. The first kappa shape index (κ1) is 20.9. The molecule has 0 unspecified atom stereocenters. The van der Waals surface area contributed by atoms with Crippen LogP contribution in [-0.2, 0) is 10.0 Å². The Kier molecular flexibility index (Phi) is 5.97. The molecule has 29 heavy (non-hydrogen) atoms. The summed E-state index contributed by atoms with van der Waals surface area (Å²) in [7, 11) is -3.98. The van der Waals surface area contributed by atoms with Crippen molar-refractivity contribution in [1.29, 1.82) is 0 Å². The molecule has 10 heteroatoms. The first-order valence-corrected chi connectivity index (χ1v) is 10.4. The second kappa shape index (κ2) is 8.28. The van der Waals surface area contributed by atoms with Gasteiger partial charge in [0.25, 0.3) is 15.7 Å². The Morgan fingerprint density at radius 3 is 2.17 bits per heavy atom. The van der Waals surface area contributed by atoms with Gasteiger partial charge in [-0.3, -0.25) is 14.8 Å². The molecule has 1 N–H and O–H groups in total. The number of nitrogens with one attached hydrogen (secondary N) is 1. The van der Waals surface area contributed by atoms with Crippen molar-refractivity contribution in [2.75, 3.05) is 4.72 Å². The molecule has 150 valence electrons. The summed E-state index contributed by atoms with van der Waals surface area (Å²) in [5, 5.41) is 11.4. The Morgan fingerprint density at radius 2 is 1.59 bits per heavy atom. The lowest BCUT2D eigenvalue weighted by molar-refractivity contribution is -0.384. The summed E-state index contributed by atoms with van der Waals surface area (Å²) in [6.07, 6.45) is 0. The number of rotatable bonds is 6. The van der Waals surface area contributed by atoms with Gasteiger partial charge < -0.3 is 4.74 Å². The van der Waals surface area contributed by atoms with Gasteiger partial charge in [-0.05, 0) is 49.4 Å². The highest BCUT2D eigenvalue weighted by Crippen LogP contribution is 2.43. The molecule has 0 aliphatic carbocycles. The molecule has 0 aromatic heterocycles. The van der Waals surface area contributed by atoms with Gasteiger partial charge in [0, 0.05) is 11.1 Å². The Hall–Kier alpha value is -2.81. The number of aryl methyl sites for hydroxylation is 1. The van der Waals surface area contributed by atoms with E-state index in [1.54, 1.807) is 24.3 Å². The smallest absolute Gasteiger partial charge is 0.291 e. The molecule has 7 nitrogen and oxygen atoms in total. The van der Waals surface area contributed by atoms with Crippen LogP contribution in [0.1, 0.15) is 5.56 Å². The Balaban J connectivity index is 2.05. The SMILES string of the molecule is Cc1ccc(S(=O)(=O)Nc2ccc([N+](=O)[O-])c(Cl)c2Oc2ccc(Cl)cc2)cc1. The van der Waals surface area contributed by atoms with Crippen molar-refractivity contribution in [1.82, 2.24) is 0 Å². The number of nitro groups is 1. The molecular weight excluding hydrogens is 439 g/mol. The van der Waals surface area contributed by atoms with Crippen LogP contribution >= 0.6 is 23.2 Å². The van der Waals surface area contributed by atoms with Crippen LogP contribution in [0.15, 0.2) is 65.6 Å². The van der Waals surface area contributed by atoms with Crippen molar-refractivity contribution in [2.24, 2.45) is 0 Å². The van der Waals surface area contributed by atoms with E-state index >= 15 is 0 Å². The normalized spacial score (nSPS) is 11.1. The lowest BCUT2D eigenvalue weighted by Crippen LogP contribution is -2.14. The first-order chi connectivity index (χ1) is 13.7. The number of anilines is 1. The predicted octanol–water partition coefficient (Wildman–Crippen LogP) is 5.80. The summed E-state index contributed by atoms with van der Waals surface area (Å²) in [5.74, 6) is 0.0754. The molecular formula is C19H14Cl2N2O5S. The van der Waals surface area contributed by atoms with E-state index in [2.05, 4.69) is 4.72 Å². The van der Waals surface area contributed by atoms with Gasteiger partial charge in [-0.2, -0.15) is 0 Å². The topological polar surface area (TPSA) is 98.5 Å². The van der Waals surface area contributed by atoms with Crippen molar-refractivity contribution >= 4 is 44.6 Å². The quantitative estimate of drug-likeness (QED) is 0.376. The largest absolute Gasteiger partial charge is 0.453 e. The van der Waals surface area contributed by atoms with Crippen molar-refractivity contribution in [3.63, 3.8) is 0 Å². The Bertz CT molecular complexity index is 1160. The predicted molar refractivity (Wildman–Crippen MR) is 112 cm³/mol. The van der Waals surface area contributed by atoms with Gasteiger partial charge in [0.2, 0.25) is 0 Å². The van der Waals surface area contributed by atoms with E-state index in [9.17, 15) is 18.5 Å². The minimum absolute atomic E-state index is 0.0232. The van der Waals surface area contributed by atoms with E-state index in [0.29, 0.717) is 5.02 Å². The third-order valence-electron chi connectivity index (χ3n) is 3.88. The number of halogens is 2. The fourth-order valence-electron chi connectivity index (χ4n) is 2.41. The molecule has 0 saturated carbocycles. The number of benzene rings is 3. The average molecular weight is 453 g/mol. The number of nitro benzene ring substituents is 1. The summed E-state index contributed by atoms with van der Waals surface area (Å²) in [5.41, 5.74) is 0.430. The van der Waals surface area contributed by atoms with Crippen LogP contribution in [-0.4, -0.2) is 13.3 Å². The Labute approximate surface area is 177 Å². The lowest BCUT2D eigenvalue weighted by Gasteiger charge is -2.15. The van der Waals surface area contributed by atoms with Crippen LogP contribution in [0.5, 0.6) is 11.5 Å². The molecule has 3 rings (SSSR count). The zero-order valence-corrected chi connectivity index (χ0v) is 17.3. The Morgan fingerprint density at radius 1 is 0.966 bits per heavy atom. The highest BCUT2D eigenvalue weighted by Gasteiger charge is 2.24. The van der Waals surface area contributed by atoms with Gasteiger partial charge in [0.15, 0.2) is 10.8 Å². The summed E-state index contributed by atoms with van der Waals surface area (Å²) in [4.78, 5) is 10.6. The second-order valence-electron chi connectivity index (χ2n) is 6.01. The molecule has 3 aromatic carbocycles. The average Bonchev–Trinajstić information content (AvgIpc) is 2.66. The van der Waals surface area contributed by atoms with Gasteiger partial charge >= 0.3 is 0 Å². The summed E-state index contributed by atoms with van der Waals surface area (Å²) in [6, 6.07) is 14.7. The van der Waals surface area contributed by atoms with Crippen LogP contribution in [0.4, 0.5) is 11.4 Å².